The molecule has 4 heterocycles. The van der Waals surface area contributed by atoms with Crippen LogP contribution in [-0.2, 0) is 4.79 Å². The van der Waals surface area contributed by atoms with Crippen LogP contribution in [-0.4, -0.2) is 47.3 Å². The second kappa shape index (κ2) is 9.72. The summed E-state index contributed by atoms with van der Waals surface area (Å²) in [5.41, 5.74) is 0. The fourth-order valence-electron chi connectivity index (χ4n) is 4.70. The van der Waals surface area contributed by atoms with Crippen molar-refractivity contribution in [2.75, 3.05) is 18.0 Å². The van der Waals surface area contributed by atoms with Gasteiger partial charge in [-0.15, -0.1) is 29.9 Å². The van der Waals surface area contributed by atoms with E-state index >= 15 is 0 Å². The normalized spacial score (nSPS) is 29.6. The Kier molecular flexibility index (Phi) is 7.92. The number of piperidine rings is 1. The number of nitrogens with zero attached hydrogens (tertiary/aromatic N) is 3. The highest BCUT2D eigenvalue weighted by molar-refractivity contribution is 5.85. The van der Waals surface area contributed by atoms with Crippen molar-refractivity contribution in [1.82, 2.24) is 20.8 Å². The molecular formula is C18H29Cl2N5O. The van der Waals surface area contributed by atoms with Crippen molar-refractivity contribution in [2.24, 2.45) is 5.92 Å². The van der Waals surface area contributed by atoms with Crippen LogP contribution in [0.1, 0.15) is 44.9 Å². The molecule has 26 heavy (non-hydrogen) atoms. The van der Waals surface area contributed by atoms with Gasteiger partial charge in [0.05, 0.1) is 0 Å². The topological polar surface area (TPSA) is 70.2 Å². The van der Waals surface area contributed by atoms with Crippen molar-refractivity contribution in [3.8, 4) is 0 Å². The van der Waals surface area contributed by atoms with E-state index < -0.39 is 0 Å². The number of halogens is 2. The van der Waals surface area contributed by atoms with Gasteiger partial charge in [0.25, 0.3) is 0 Å². The van der Waals surface area contributed by atoms with Crippen LogP contribution < -0.4 is 15.5 Å². The van der Waals surface area contributed by atoms with Crippen LogP contribution in [0.4, 0.5) is 5.82 Å². The molecule has 6 nitrogen and oxygen atoms in total. The number of hydrogen-bond donors (Lipinski definition) is 2. The van der Waals surface area contributed by atoms with Gasteiger partial charge in [-0.25, -0.2) is 0 Å². The summed E-state index contributed by atoms with van der Waals surface area (Å²) < 4.78 is 0. The van der Waals surface area contributed by atoms with Gasteiger partial charge in [0.15, 0.2) is 5.82 Å². The first-order valence-corrected chi connectivity index (χ1v) is 9.35. The van der Waals surface area contributed by atoms with Gasteiger partial charge in [-0.3, -0.25) is 4.79 Å². The molecule has 1 amide bonds. The van der Waals surface area contributed by atoms with E-state index in [1.54, 1.807) is 6.20 Å². The number of aromatic nitrogens is 2. The Morgan fingerprint density at radius 1 is 1.23 bits per heavy atom. The number of amides is 1. The van der Waals surface area contributed by atoms with Crippen LogP contribution in [0.15, 0.2) is 18.3 Å². The quantitative estimate of drug-likeness (QED) is 0.791. The predicted molar refractivity (Wildman–Crippen MR) is 107 cm³/mol. The minimum absolute atomic E-state index is 0. The van der Waals surface area contributed by atoms with Gasteiger partial charge in [0.2, 0.25) is 5.91 Å². The van der Waals surface area contributed by atoms with Gasteiger partial charge < -0.3 is 15.5 Å². The maximum Gasteiger partial charge on any atom is 0.220 e. The highest BCUT2D eigenvalue weighted by atomic mass is 35.5. The Morgan fingerprint density at radius 3 is 2.69 bits per heavy atom. The summed E-state index contributed by atoms with van der Waals surface area (Å²) in [6.45, 7) is 1.71. The predicted octanol–water partition coefficient (Wildman–Crippen LogP) is 2.33. The van der Waals surface area contributed by atoms with Crippen LogP contribution in [0.2, 0.25) is 0 Å². The summed E-state index contributed by atoms with van der Waals surface area (Å²) in [6, 6.07) is 5.57. The third-order valence-electron chi connectivity index (χ3n) is 5.81. The SMILES string of the molecule is Cl.Cl.O=C(CC1CC2CCC(C1)N2)NCC1CCCN1c1cccnn1. The Morgan fingerprint density at radius 2 is 2.00 bits per heavy atom. The molecular weight excluding hydrogens is 373 g/mol. The van der Waals surface area contributed by atoms with E-state index in [0.29, 0.717) is 37.0 Å². The average molecular weight is 402 g/mol. The number of nitrogens with one attached hydrogen (secondary N) is 2. The maximum atomic E-state index is 12.4. The first kappa shape index (κ1) is 21.2. The van der Waals surface area contributed by atoms with Gasteiger partial charge in [-0.2, -0.15) is 5.10 Å². The van der Waals surface area contributed by atoms with Gasteiger partial charge in [0, 0.05) is 43.8 Å². The van der Waals surface area contributed by atoms with E-state index in [1.165, 1.54) is 25.7 Å². The van der Waals surface area contributed by atoms with Gasteiger partial charge >= 0.3 is 0 Å². The molecule has 0 spiro atoms. The molecule has 0 aromatic carbocycles. The lowest BCUT2D eigenvalue weighted by molar-refractivity contribution is -0.122. The molecule has 3 unspecified atom stereocenters. The molecule has 0 saturated carbocycles. The number of fused-ring (bicyclic) bond motifs is 2. The van der Waals surface area contributed by atoms with E-state index in [-0.39, 0.29) is 30.7 Å². The van der Waals surface area contributed by atoms with Crippen LogP contribution in [0.5, 0.6) is 0 Å². The molecule has 3 aliphatic rings. The van der Waals surface area contributed by atoms with E-state index in [4.69, 9.17) is 0 Å². The Bertz CT molecular complexity index is 564. The van der Waals surface area contributed by atoms with Crippen LogP contribution in [0.3, 0.4) is 0 Å². The Labute approximate surface area is 167 Å². The van der Waals surface area contributed by atoms with E-state index in [0.717, 1.165) is 25.2 Å². The first-order valence-electron chi connectivity index (χ1n) is 9.35. The highest BCUT2D eigenvalue weighted by Crippen LogP contribution is 2.32. The lowest BCUT2D eigenvalue weighted by atomic mass is 9.89. The van der Waals surface area contributed by atoms with Crippen LogP contribution in [0, 0.1) is 5.92 Å². The largest absolute Gasteiger partial charge is 0.354 e. The standard InChI is InChI=1S/C18H27N5O.2ClH/c24-18(11-13-9-14-5-6-15(10-13)21-14)19-12-16-3-2-8-23(16)17-4-1-7-20-22-17;;/h1,4,7,13-16,21H,2-3,5-6,8-12H2,(H,19,24);2*1H. The van der Waals surface area contributed by atoms with Gasteiger partial charge in [-0.05, 0) is 56.6 Å². The molecule has 8 heteroatoms. The molecule has 1 aromatic rings. The summed E-state index contributed by atoms with van der Waals surface area (Å²) in [4.78, 5) is 14.6. The van der Waals surface area contributed by atoms with E-state index in [9.17, 15) is 4.79 Å². The third kappa shape index (κ3) is 4.99. The Hall–Kier alpha value is -1.11. The van der Waals surface area contributed by atoms with Crippen molar-refractivity contribution in [3.63, 3.8) is 0 Å². The van der Waals surface area contributed by atoms with Gasteiger partial charge in [0.1, 0.15) is 0 Å². The Balaban J connectivity index is 0.00000121. The minimum atomic E-state index is 0. The molecule has 3 aliphatic heterocycles. The van der Waals surface area contributed by atoms with Crippen molar-refractivity contribution in [2.45, 2.75) is 63.1 Å². The molecule has 3 fully saturated rings. The summed E-state index contributed by atoms with van der Waals surface area (Å²) in [5.74, 6) is 1.69. The zero-order valence-corrected chi connectivity index (χ0v) is 16.6. The fourth-order valence-corrected chi connectivity index (χ4v) is 4.70. The molecule has 1 aromatic heterocycles. The van der Waals surface area contributed by atoms with E-state index in [2.05, 4.69) is 25.7 Å². The first-order chi connectivity index (χ1) is 11.8. The number of carbonyl (C=O) groups is 1. The van der Waals surface area contributed by atoms with Crippen LogP contribution >= 0.6 is 24.8 Å². The maximum absolute atomic E-state index is 12.4. The highest BCUT2D eigenvalue weighted by Gasteiger charge is 2.34. The van der Waals surface area contributed by atoms with E-state index in [1.807, 2.05) is 12.1 Å². The number of anilines is 1. The lowest BCUT2D eigenvalue weighted by Crippen LogP contribution is -2.42. The molecule has 3 saturated heterocycles. The zero-order valence-electron chi connectivity index (χ0n) is 15.0. The average Bonchev–Trinajstić information content (AvgIpc) is 3.20. The van der Waals surface area contributed by atoms with Crippen molar-refractivity contribution in [1.29, 1.82) is 0 Å². The summed E-state index contributed by atoms with van der Waals surface area (Å²) >= 11 is 0. The zero-order chi connectivity index (χ0) is 16.4. The van der Waals surface area contributed by atoms with Gasteiger partial charge in [-0.1, -0.05) is 0 Å². The van der Waals surface area contributed by atoms with Crippen molar-refractivity contribution in [3.05, 3.63) is 18.3 Å². The molecule has 0 aliphatic carbocycles. The molecule has 146 valence electrons. The molecule has 4 rings (SSSR count). The summed E-state index contributed by atoms with van der Waals surface area (Å²) in [7, 11) is 0. The number of rotatable bonds is 5. The number of carbonyl (C=O) groups excluding carboxylic acids is 1. The summed E-state index contributed by atoms with van der Waals surface area (Å²) in [5, 5.41) is 15.0. The third-order valence-corrected chi connectivity index (χ3v) is 5.81. The lowest BCUT2D eigenvalue weighted by Gasteiger charge is -2.29. The molecule has 3 atom stereocenters. The van der Waals surface area contributed by atoms with Crippen molar-refractivity contribution < 1.29 is 4.79 Å². The second-order valence-corrected chi connectivity index (χ2v) is 7.55. The molecule has 0 radical (unpaired) electrons. The van der Waals surface area contributed by atoms with Crippen molar-refractivity contribution >= 4 is 36.5 Å². The molecule has 2 bridgehead atoms. The van der Waals surface area contributed by atoms with Crippen LogP contribution in [0.25, 0.3) is 0 Å². The monoisotopic (exact) mass is 401 g/mol. The number of hydrogen-bond acceptors (Lipinski definition) is 5. The minimum Gasteiger partial charge on any atom is -0.354 e. The smallest absolute Gasteiger partial charge is 0.220 e. The summed E-state index contributed by atoms with van der Waals surface area (Å²) in [6.07, 6.45) is 9.55. The second-order valence-electron chi connectivity index (χ2n) is 7.55. The molecule has 2 N–H and O–H groups in total. The fraction of sp³-hybridized carbons (Fsp3) is 0.722.